The quantitative estimate of drug-likeness (QED) is 0.523. The van der Waals surface area contributed by atoms with Crippen molar-refractivity contribution < 1.29 is 14.3 Å². The van der Waals surface area contributed by atoms with Gasteiger partial charge in [-0.15, -0.1) is 0 Å². The molecule has 0 spiro atoms. The largest absolute Gasteiger partial charge is 0.385 e. The first-order valence-electron chi connectivity index (χ1n) is 10.7. The van der Waals surface area contributed by atoms with E-state index in [1.807, 2.05) is 11.0 Å². The van der Waals surface area contributed by atoms with E-state index in [9.17, 15) is 14.4 Å². The summed E-state index contributed by atoms with van der Waals surface area (Å²) in [6, 6.07) is 6.99. The van der Waals surface area contributed by atoms with E-state index >= 15 is 0 Å². The first kappa shape index (κ1) is 21.0. The second-order valence-corrected chi connectivity index (χ2v) is 7.70. The number of aryl methyl sites for hydroxylation is 1. The number of rotatable bonds is 9. The maximum absolute atomic E-state index is 13.0. The number of hydrogen-bond donors (Lipinski definition) is 1. The standard InChI is InChI=1S/C22H27N5O4/c1-31-14-6-13-26-17(21(29)23-9-5-11-25-10-4-8-19(25)28)15-16-20(26)24-18-7-2-3-12-27(18)22(16)30/h2-3,7,12,15H,4-6,8-11,13-14H2,1H3,(H,23,29). The summed E-state index contributed by atoms with van der Waals surface area (Å²) < 4.78 is 8.43. The molecule has 0 bridgehead atoms. The second kappa shape index (κ2) is 9.30. The van der Waals surface area contributed by atoms with Gasteiger partial charge in [0.1, 0.15) is 17.0 Å². The fourth-order valence-electron chi connectivity index (χ4n) is 4.04. The number of carbonyl (C=O) groups is 2. The smallest absolute Gasteiger partial charge is 0.267 e. The molecule has 31 heavy (non-hydrogen) atoms. The minimum absolute atomic E-state index is 0.184. The fraction of sp³-hybridized carbons (Fsp3) is 0.455. The summed E-state index contributed by atoms with van der Waals surface area (Å²) in [6.45, 7) is 2.94. The monoisotopic (exact) mass is 425 g/mol. The van der Waals surface area contributed by atoms with Crippen LogP contribution in [0.3, 0.4) is 0 Å². The van der Waals surface area contributed by atoms with Gasteiger partial charge in [-0.1, -0.05) is 6.07 Å². The maximum Gasteiger partial charge on any atom is 0.267 e. The van der Waals surface area contributed by atoms with Crippen LogP contribution in [0.5, 0.6) is 0 Å². The van der Waals surface area contributed by atoms with E-state index in [2.05, 4.69) is 10.3 Å². The Kier molecular flexibility index (Phi) is 6.31. The van der Waals surface area contributed by atoms with E-state index in [0.29, 0.717) is 67.9 Å². The highest BCUT2D eigenvalue weighted by molar-refractivity contribution is 5.98. The van der Waals surface area contributed by atoms with E-state index in [1.54, 1.807) is 36.1 Å². The zero-order chi connectivity index (χ0) is 21.8. The predicted octanol–water partition coefficient (Wildman–Crippen LogP) is 1.43. The average Bonchev–Trinajstić information content (AvgIpc) is 3.35. The summed E-state index contributed by atoms with van der Waals surface area (Å²) in [6.07, 6.45) is 4.57. The zero-order valence-electron chi connectivity index (χ0n) is 17.7. The summed E-state index contributed by atoms with van der Waals surface area (Å²) in [5.41, 5.74) is 1.24. The lowest BCUT2D eigenvalue weighted by molar-refractivity contribution is -0.127. The molecule has 0 atom stereocenters. The minimum atomic E-state index is -0.253. The van der Waals surface area contributed by atoms with Gasteiger partial charge in [-0.05, 0) is 37.5 Å². The number of pyridine rings is 1. The van der Waals surface area contributed by atoms with E-state index in [1.165, 1.54) is 4.40 Å². The van der Waals surface area contributed by atoms with E-state index in [-0.39, 0.29) is 17.4 Å². The summed E-state index contributed by atoms with van der Waals surface area (Å²) in [5, 5.41) is 3.34. The number of carbonyl (C=O) groups excluding carboxylic acids is 2. The maximum atomic E-state index is 13.0. The van der Waals surface area contributed by atoms with Gasteiger partial charge in [0.05, 0.1) is 5.39 Å². The molecule has 0 radical (unpaired) electrons. The van der Waals surface area contributed by atoms with Crippen LogP contribution in [0.4, 0.5) is 0 Å². The van der Waals surface area contributed by atoms with E-state index < -0.39 is 0 Å². The molecule has 164 valence electrons. The molecule has 0 unspecified atom stereocenters. The number of methoxy groups -OCH3 is 1. The van der Waals surface area contributed by atoms with Crippen LogP contribution in [0, 0.1) is 0 Å². The molecule has 1 saturated heterocycles. The topological polar surface area (TPSA) is 97.9 Å². The molecule has 9 nitrogen and oxygen atoms in total. The molecule has 1 aliphatic rings. The molecule has 9 heteroatoms. The number of nitrogens with one attached hydrogen (secondary N) is 1. The minimum Gasteiger partial charge on any atom is -0.385 e. The highest BCUT2D eigenvalue weighted by atomic mass is 16.5. The number of ether oxygens (including phenoxy) is 1. The van der Waals surface area contributed by atoms with Crippen LogP contribution >= 0.6 is 0 Å². The Morgan fingerprint density at radius 1 is 1.23 bits per heavy atom. The van der Waals surface area contributed by atoms with Crippen LogP contribution < -0.4 is 10.9 Å². The van der Waals surface area contributed by atoms with Gasteiger partial charge in [-0.25, -0.2) is 4.98 Å². The summed E-state index contributed by atoms with van der Waals surface area (Å²) in [7, 11) is 1.63. The lowest BCUT2D eigenvalue weighted by Crippen LogP contribution is -2.31. The van der Waals surface area contributed by atoms with Crippen molar-refractivity contribution in [2.45, 2.75) is 32.2 Å². The van der Waals surface area contributed by atoms with Crippen LogP contribution in [0.1, 0.15) is 36.2 Å². The first-order chi connectivity index (χ1) is 15.1. The molecule has 0 aliphatic carbocycles. The third kappa shape index (κ3) is 4.32. The highest BCUT2D eigenvalue weighted by Gasteiger charge is 2.21. The van der Waals surface area contributed by atoms with Crippen molar-refractivity contribution in [2.24, 2.45) is 0 Å². The van der Waals surface area contributed by atoms with Crippen LogP contribution in [-0.4, -0.2) is 64.0 Å². The van der Waals surface area contributed by atoms with Gasteiger partial charge in [-0.3, -0.25) is 18.8 Å². The van der Waals surface area contributed by atoms with Crippen molar-refractivity contribution in [1.29, 1.82) is 0 Å². The lowest BCUT2D eigenvalue weighted by Gasteiger charge is -2.15. The first-order valence-corrected chi connectivity index (χ1v) is 10.7. The number of amides is 2. The molecule has 0 aromatic carbocycles. The Morgan fingerprint density at radius 3 is 2.87 bits per heavy atom. The Morgan fingerprint density at radius 2 is 2.10 bits per heavy atom. The van der Waals surface area contributed by atoms with Crippen molar-refractivity contribution in [3.63, 3.8) is 0 Å². The lowest BCUT2D eigenvalue weighted by atomic mass is 10.3. The molecule has 1 fully saturated rings. The van der Waals surface area contributed by atoms with Crippen LogP contribution in [-0.2, 0) is 16.1 Å². The number of likely N-dealkylation sites (tertiary alicyclic amines) is 1. The van der Waals surface area contributed by atoms with E-state index in [0.717, 1.165) is 13.0 Å². The second-order valence-electron chi connectivity index (χ2n) is 7.70. The normalized spacial score (nSPS) is 14.1. The predicted molar refractivity (Wildman–Crippen MR) is 116 cm³/mol. The molecule has 2 amide bonds. The van der Waals surface area contributed by atoms with Crippen LogP contribution in [0.15, 0.2) is 35.3 Å². The third-order valence-electron chi connectivity index (χ3n) is 5.60. The van der Waals surface area contributed by atoms with Crippen LogP contribution in [0.25, 0.3) is 16.7 Å². The molecule has 3 aromatic heterocycles. The SMILES string of the molecule is COCCCn1c(C(=O)NCCCN2CCCC2=O)cc2c(=O)n3ccccc3nc21. The highest BCUT2D eigenvalue weighted by Crippen LogP contribution is 2.17. The molecular weight excluding hydrogens is 398 g/mol. The van der Waals surface area contributed by atoms with Gasteiger partial charge in [0.15, 0.2) is 0 Å². The molecule has 3 aromatic rings. The van der Waals surface area contributed by atoms with Gasteiger partial charge >= 0.3 is 0 Å². The van der Waals surface area contributed by atoms with Gasteiger partial charge in [0.25, 0.3) is 11.5 Å². The van der Waals surface area contributed by atoms with Crippen molar-refractivity contribution in [1.82, 2.24) is 24.2 Å². The summed E-state index contributed by atoms with van der Waals surface area (Å²) >= 11 is 0. The van der Waals surface area contributed by atoms with E-state index in [4.69, 9.17) is 4.74 Å². The van der Waals surface area contributed by atoms with Crippen LogP contribution in [0.2, 0.25) is 0 Å². The molecule has 0 saturated carbocycles. The molecular formula is C22H27N5O4. The molecule has 4 heterocycles. The van der Waals surface area contributed by atoms with Gasteiger partial charge < -0.3 is 19.5 Å². The van der Waals surface area contributed by atoms with Crippen molar-refractivity contribution >= 4 is 28.5 Å². The molecule has 1 aliphatic heterocycles. The number of nitrogens with zero attached hydrogens (tertiary/aromatic N) is 4. The van der Waals surface area contributed by atoms with Crippen molar-refractivity contribution in [2.75, 3.05) is 33.4 Å². The molecule has 4 rings (SSSR count). The Labute approximate surface area is 179 Å². The molecule has 1 N–H and O–H groups in total. The number of hydrogen-bond acceptors (Lipinski definition) is 5. The Hall–Kier alpha value is -3.20. The number of fused-ring (bicyclic) bond motifs is 2. The summed E-state index contributed by atoms with van der Waals surface area (Å²) in [4.78, 5) is 44.1. The van der Waals surface area contributed by atoms with Gasteiger partial charge in [-0.2, -0.15) is 0 Å². The van der Waals surface area contributed by atoms with Gasteiger partial charge in [0, 0.05) is 52.5 Å². The van der Waals surface area contributed by atoms with Crippen molar-refractivity contribution in [3.8, 4) is 0 Å². The fourth-order valence-corrected chi connectivity index (χ4v) is 4.04. The average molecular weight is 425 g/mol. The Balaban J connectivity index is 1.57. The summed E-state index contributed by atoms with van der Waals surface area (Å²) in [5.74, 6) is -0.0696. The number of aromatic nitrogens is 3. The zero-order valence-corrected chi connectivity index (χ0v) is 17.7. The van der Waals surface area contributed by atoms with Gasteiger partial charge in [0.2, 0.25) is 5.91 Å². The van der Waals surface area contributed by atoms with Crippen molar-refractivity contribution in [3.05, 3.63) is 46.5 Å². The third-order valence-corrected chi connectivity index (χ3v) is 5.60. The Bertz CT molecular complexity index is 1170.